The number of amides is 1. The van der Waals surface area contributed by atoms with Crippen LogP contribution in [0.1, 0.15) is 31.0 Å². The van der Waals surface area contributed by atoms with Crippen LogP contribution in [0.4, 0.5) is 11.6 Å². The van der Waals surface area contributed by atoms with Crippen LogP contribution < -0.4 is 15.0 Å². The van der Waals surface area contributed by atoms with Crippen LogP contribution in [0.25, 0.3) is 17.0 Å². The van der Waals surface area contributed by atoms with Crippen LogP contribution in [0.5, 0.6) is 5.75 Å². The molecule has 1 aromatic heterocycles. The van der Waals surface area contributed by atoms with Gasteiger partial charge >= 0.3 is 0 Å². The van der Waals surface area contributed by atoms with Gasteiger partial charge in [-0.2, -0.15) is 0 Å². The lowest BCUT2D eigenvalue weighted by atomic mass is 10.0. The predicted molar refractivity (Wildman–Crippen MR) is 143 cm³/mol. The number of carbonyl (C=O) groups excluding carboxylic acids is 1. The SMILES string of the molecule is CCOc1ccc(C=CC(=O)Nc2ccc3nc(N4CCC(N(C)C)CC4)nc(C)c3c2)c(Cl)c1. The largest absolute Gasteiger partial charge is 0.494 e. The molecule has 2 heterocycles. The van der Waals surface area contributed by atoms with E-state index in [-0.39, 0.29) is 5.91 Å². The lowest BCUT2D eigenvalue weighted by Gasteiger charge is -2.35. The van der Waals surface area contributed by atoms with Gasteiger partial charge in [0.15, 0.2) is 0 Å². The van der Waals surface area contributed by atoms with E-state index in [2.05, 4.69) is 29.2 Å². The maximum absolute atomic E-state index is 12.5. The van der Waals surface area contributed by atoms with Gasteiger partial charge in [0.1, 0.15) is 5.75 Å². The third-order valence-corrected chi connectivity index (χ3v) is 6.64. The molecule has 0 unspecified atom stereocenters. The maximum atomic E-state index is 12.5. The fourth-order valence-electron chi connectivity index (χ4n) is 4.32. The fraction of sp³-hybridized carbons (Fsp3) is 0.370. The first kappa shape index (κ1) is 24.9. The van der Waals surface area contributed by atoms with Crippen molar-refractivity contribution in [3.8, 4) is 5.75 Å². The van der Waals surface area contributed by atoms with Crippen molar-refractivity contribution in [1.29, 1.82) is 0 Å². The van der Waals surface area contributed by atoms with E-state index in [9.17, 15) is 4.79 Å². The van der Waals surface area contributed by atoms with Crippen LogP contribution in [0.2, 0.25) is 5.02 Å². The normalized spacial score (nSPS) is 14.7. The van der Waals surface area contributed by atoms with Crippen LogP contribution in [0, 0.1) is 6.92 Å². The van der Waals surface area contributed by atoms with Crippen molar-refractivity contribution < 1.29 is 9.53 Å². The Bertz CT molecular complexity index is 1240. The summed E-state index contributed by atoms with van der Waals surface area (Å²) < 4.78 is 5.44. The first-order chi connectivity index (χ1) is 16.8. The first-order valence-electron chi connectivity index (χ1n) is 11.9. The highest BCUT2D eigenvalue weighted by Gasteiger charge is 2.22. The predicted octanol–water partition coefficient (Wildman–Crippen LogP) is 5.17. The van der Waals surface area contributed by atoms with Gasteiger partial charge in [-0.3, -0.25) is 4.79 Å². The van der Waals surface area contributed by atoms with Gasteiger partial charge < -0.3 is 19.9 Å². The summed E-state index contributed by atoms with van der Waals surface area (Å²) in [5, 5.41) is 4.36. The number of carbonyl (C=O) groups is 1. The molecule has 2 aromatic carbocycles. The van der Waals surface area contributed by atoms with Crippen LogP contribution in [0.15, 0.2) is 42.5 Å². The van der Waals surface area contributed by atoms with Crippen molar-refractivity contribution in [3.05, 3.63) is 58.8 Å². The number of halogens is 1. The molecular formula is C27H32ClN5O2. The number of nitrogens with one attached hydrogen (secondary N) is 1. The molecule has 0 saturated carbocycles. The van der Waals surface area contributed by atoms with Gasteiger partial charge in [-0.1, -0.05) is 11.6 Å². The van der Waals surface area contributed by atoms with Crippen LogP contribution in [-0.4, -0.2) is 60.6 Å². The molecule has 0 aliphatic carbocycles. The Morgan fingerprint density at radius 3 is 2.66 bits per heavy atom. The molecule has 8 heteroatoms. The van der Waals surface area contributed by atoms with E-state index in [1.807, 2.05) is 44.2 Å². The summed E-state index contributed by atoms with van der Waals surface area (Å²) in [6, 6.07) is 11.7. The zero-order valence-corrected chi connectivity index (χ0v) is 21.5. The summed E-state index contributed by atoms with van der Waals surface area (Å²) in [6.07, 6.45) is 5.37. The van der Waals surface area contributed by atoms with E-state index in [0.717, 1.165) is 54.0 Å². The number of benzene rings is 2. The molecule has 1 aliphatic heterocycles. The van der Waals surface area contributed by atoms with E-state index in [0.29, 0.717) is 29.1 Å². The summed E-state index contributed by atoms with van der Waals surface area (Å²) in [5.74, 6) is 1.24. The Labute approximate surface area is 211 Å². The van der Waals surface area contributed by atoms with Gasteiger partial charge in [-0.05, 0) is 88.8 Å². The number of aromatic nitrogens is 2. The topological polar surface area (TPSA) is 70.6 Å². The summed E-state index contributed by atoms with van der Waals surface area (Å²) in [5.41, 5.74) is 3.20. The number of hydrogen-bond acceptors (Lipinski definition) is 6. The van der Waals surface area contributed by atoms with E-state index < -0.39 is 0 Å². The summed E-state index contributed by atoms with van der Waals surface area (Å²) in [6.45, 7) is 6.38. The van der Waals surface area contributed by atoms with Crippen molar-refractivity contribution in [1.82, 2.24) is 14.9 Å². The fourth-order valence-corrected chi connectivity index (χ4v) is 4.55. The van der Waals surface area contributed by atoms with Crippen LogP contribution >= 0.6 is 11.6 Å². The van der Waals surface area contributed by atoms with Gasteiger partial charge in [0.05, 0.1) is 22.8 Å². The molecule has 35 heavy (non-hydrogen) atoms. The molecule has 7 nitrogen and oxygen atoms in total. The molecule has 1 N–H and O–H groups in total. The minimum absolute atomic E-state index is 0.242. The number of ether oxygens (including phenoxy) is 1. The molecule has 4 rings (SSSR count). The molecule has 0 spiro atoms. The zero-order valence-electron chi connectivity index (χ0n) is 20.7. The van der Waals surface area contributed by atoms with Crippen LogP contribution in [0.3, 0.4) is 0 Å². The molecule has 0 radical (unpaired) electrons. The van der Waals surface area contributed by atoms with E-state index in [4.69, 9.17) is 26.3 Å². The van der Waals surface area contributed by atoms with Crippen molar-refractivity contribution in [2.24, 2.45) is 0 Å². The molecule has 0 bridgehead atoms. The minimum atomic E-state index is -0.242. The standard InChI is InChI=1S/C27H32ClN5O2/c1-5-35-22-9-6-19(24(28)17-22)7-11-26(34)30-20-8-10-25-23(16-20)18(2)29-27(31-25)33-14-12-21(13-15-33)32(3)4/h6-11,16-17,21H,5,12-15H2,1-4H3,(H,30,34). The van der Waals surface area contributed by atoms with Gasteiger partial charge in [-0.25, -0.2) is 9.97 Å². The molecule has 184 valence electrons. The number of piperidine rings is 1. The zero-order chi connectivity index (χ0) is 24.9. The average molecular weight is 494 g/mol. The van der Waals surface area contributed by atoms with Crippen LogP contribution in [-0.2, 0) is 4.79 Å². The van der Waals surface area contributed by atoms with E-state index in [1.54, 1.807) is 12.1 Å². The Morgan fingerprint density at radius 1 is 1.20 bits per heavy atom. The third kappa shape index (κ3) is 6.10. The van der Waals surface area contributed by atoms with Crippen molar-refractivity contribution >= 4 is 46.1 Å². The molecule has 1 aliphatic rings. The minimum Gasteiger partial charge on any atom is -0.494 e. The molecule has 3 aromatic rings. The number of aryl methyl sites for hydroxylation is 1. The highest BCUT2D eigenvalue weighted by Crippen LogP contribution is 2.26. The van der Waals surface area contributed by atoms with Crippen molar-refractivity contribution in [3.63, 3.8) is 0 Å². The Hall–Kier alpha value is -3.16. The second kappa shape index (κ2) is 11.1. The van der Waals surface area contributed by atoms with Gasteiger partial charge in [0, 0.05) is 36.3 Å². The number of hydrogen-bond donors (Lipinski definition) is 1. The lowest BCUT2D eigenvalue weighted by molar-refractivity contribution is -0.111. The van der Waals surface area contributed by atoms with Crippen molar-refractivity contribution in [2.45, 2.75) is 32.7 Å². The Balaban J connectivity index is 1.44. The van der Waals surface area contributed by atoms with Gasteiger partial charge in [0.2, 0.25) is 11.9 Å². The maximum Gasteiger partial charge on any atom is 0.248 e. The highest BCUT2D eigenvalue weighted by atomic mass is 35.5. The van der Waals surface area contributed by atoms with Gasteiger partial charge in [-0.15, -0.1) is 0 Å². The summed E-state index contributed by atoms with van der Waals surface area (Å²) in [7, 11) is 4.27. The molecular weight excluding hydrogens is 462 g/mol. The van der Waals surface area contributed by atoms with Gasteiger partial charge in [0.25, 0.3) is 0 Å². The number of fused-ring (bicyclic) bond motifs is 1. The van der Waals surface area contributed by atoms with E-state index in [1.165, 1.54) is 6.08 Å². The quantitative estimate of drug-likeness (QED) is 0.458. The second-order valence-corrected chi connectivity index (χ2v) is 9.37. The lowest BCUT2D eigenvalue weighted by Crippen LogP contribution is -2.42. The summed E-state index contributed by atoms with van der Waals surface area (Å²) in [4.78, 5) is 26.6. The second-order valence-electron chi connectivity index (χ2n) is 8.96. The molecule has 1 amide bonds. The Kier molecular flexibility index (Phi) is 7.88. The number of nitrogens with zero attached hydrogens (tertiary/aromatic N) is 4. The molecule has 1 saturated heterocycles. The first-order valence-corrected chi connectivity index (χ1v) is 12.3. The Morgan fingerprint density at radius 2 is 1.97 bits per heavy atom. The smallest absolute Gasteiger partial charge is 0.248 e. The number of rotatable bonds is 7. The monoisotopic (exact) mass is 493 g/mol. The average Bonchev–Trinajstić information content (AvgIpc) is 2.84. The molecule has 1 fully saturated rings. The third-order valence-electron chi connectivity index (χ3n) is 6.32. The summed E-state index contributed by atoms with van der Waals surface area (Å²) >= 11 is 6.30. The number of anilines is 2. The van der Waals surface area contributed by atoms with Crippen molar-refractivity contribution in [2.75, 3.05) is 44.0 Å². The highest BCUT2D eigenvalue weighted by molar-refractivity contribution is 6.32. The van der Waals surface area contributed by atoms with E-state index >= 15 is 0 Å². The molecule has 0 atom stereocenters.